The highest BCUT2D eigenvalue weighted by Crippen LogP contribution is 2.29. The van der Waals surface area contributed by atoms with E-state index in [1.807, 2.05) is 0 Å². The van der Waals surface area contributed by atoms with Crippen molar-refractivity contribution in [3.8, 4) is 28.5 Å². The minimum Gasteiger partial charge on any atom is -0.464 e. The van der Waals surface area contributed by atoms with Crippen LogP contribution in [0.5, 0.6) is 5.75 Å². The summed E-state index contributed by atoms with van der Waals surface area (Å²) in [4.78, 5) is 41.8. The molecule has 1 heterocycles. The summed E-state index contributed by atoms with van der Waals surface area (Å²) in [5, 5.41) is 2.43. The first-order valence-corrected chi connectivity index (χ1v) is 12.0. The summed E-state index contributed by atoms with van der Waals surface area (Å²) in [5.41, 5.74) is 0.399. The summed E-state index contributed by atoms with van der Waals surface area (Å²) in [6, 6.07) is 12.2. The highest BCUT2D eigenvalue weighted by Gasteiger charge is 2.49. The molecule has 3 rings (SSSR count). The van der Waals surface area contributed by atoms with Gasteiger partial charge in [0.05, 0.1) is 13.2 Å². The number of alkyl halides is 3. The van der Waals surface area contributed by atoms with E-state index in [0.29, 0.717) is 16.8 Å². The Morgan fingerprint density at radius 1 is 0.897 bits per heavy atom. The topological polar surface area (TPSA) is 117 Å². The molecular weight excluding hydrogens is 521 g/mol. The van der Waals surface area contributed by atoms with Crippen LogP contribution in [0.4, 0.5) is 13.2 Å². The summed E-state index contributed by atoms with van der Waals surface area (Å²) in [6.07, 6.45) is -3.24. The van der Waals surface area contributed by atoms with E-state index in [0.717, 1.165) is 17.7 Å². The van der Waals surface area contributed by atoms with Gasteiger partial charge in [0.1, 0.15) is 17.7 Å². The molecule has 0 unspecified atom stereocenters. The van der Waals surface area contributed by atoms with Gasteiger partial charge in [0.25, 0.3) is 0 Å². The van der Waals surface area contributed by atoms with E-state index in [-0.39, 0.29) is 37.7 Å². The maximum Gasteiger partial charge on any atom is 0.573 e. The monoisotopic (exact) mass is 548 g/mol. The Morgan fingerprint density at radius 2 is 1.46 bits per heavy atom. The van der Waals surface area contributed by atoms with E-state index in [1.54, 1.807) is 38.1 Å². The Labute approximate surface area is 222 Å². The highest BCUT2D eigenvalue weighted by atomic mass is 19.4. The average Bonchev–Trinajstić information content (AvgIpc) is 3.37. The molecule has 3 aromatic rings. The van der Waals surface area contributed by atoms with Gasteiger partial charge >= 0.3 is 18.3 Å². The molecule has 0 aliphatic carbocycles. The van der Waals surface area contributed by atoms with Crippen LogP contribution in [0.2, 0.25) is 0 Å². The van der Waals surface area contributed by atoms with Gasteiger partial charge in [0.15, 0.2) is 0 Å². The number of hydrogen-bond donors (Lipinski definition) is 1. The van der Waals surface area contributed by atoms with E-state index in [4.69, 9.17) is 13.9 Å². The summed E-state index contributed by atoms with van der Waals surface area (Å²) < 4.78 is 56.6. The number of aromatic nitrogens is 1. The molecule has 1 N–H and O–H groups in total. The van der Waals surface area contributed by atoms with Crippen molar-refractivity contribution >= 4 is 17.8 Å². The molecule has 0 atom stereocenters. The number of ether oxygens (including phenoxy) is 3. The van der Waals surface area contributed by atoms with Gasteiger partial charge in [-0.1, -0.05) is 24.3 Å². The number of nitrogens with one attached hydrogen (secondary N) is 1. The lowest BCUT2D eigenvalue weighted by Crippen LogP contribution is -2.61. The van der Waals surface area contributed by atoms with Crippen molar-refractivity contribution in [2.75, 3.05) is 13.2 Å². The van der Waals surface area contributed by atoms with Crippen LogP contribution in [0.25, 0.3) is 22.7 Å². The van der Waals surface area contributed by atoms with Crippen LogP contribution in [0, 0.1) is 0 Å². The van der Waals surface area contributed by atoms with Crippen molar-refractivity contribution < 1.29 is 46.2 Å². The lowest BCUT2D eigenvalue weighted by atomic mass is 9.90. The number of carbonyl (C=O) groups is 3. The number of halogens is 3. The van der Waals surface area contributed by atoms with Crippen LogP contribution in [-0.4, -0.2) is 47.9 Å². The van der Waals surface area contributed by atoms with E-state index in [9.17, 15) is 27.6 Å². The third-order valence-corrected chi connectivity index (χ3v) is 5.51. The number of aryl methyl sites for hydroxylation is 1. The molecule has 0 saturated carbocycles. The Morgan fingerprint density at radius 3 is 1.97 bits per heavy atom. The molecule has 0 radical (unpaired) electrons. The lowest BCUT2D eigenvalue weighted by molar-refractivity contribution is -0.274. The molecule has 0 fully saturated rings. The molecule has 2 aromatic carbocycles. The summed E-state index contributed by atoms with van der Waals surface area (Å²) in [7, 11) is 0. The number of hydrogen-bond acceptors (Lipinski definition) is 8. The molecule has 1 aromatic heterocycles. The van der Waals surface area contributed by atoms with Crippen LogP contribution >= 0.6 is 0 Å². The Kier molecular flexibility index (Phi) is 9.33. The van der Waals surface area contributed by atoms with Crippen LogP contribution in [0.15, 0.2) is 59.2 Å². The second kappa shape index (κ2) is 12.5. The largest absolute Gasteiger partial charge is 0.573 e. The molecule has 208 valence electrons. The molecule has 12 heteroatoms. The van der Waals surface area contributed by atoms with Gasteiger partial charge in [-0.3, -0.25) is 4.79 Å². The molecule has 0 bridgehead atoms. The predicted molar refractivity (Wildman–Crippen MR) is 132 cm³/mol. The van der Waals surface area contributed by atoms with Crippen LogP contribution in [0.1, 0.15) is 32.8 Å². The molecule has 1 amide bonds. The first-order valence-electron chi connectivity index (χ1n) is 12.0. The highest BCUT2D eigenvalue weighted by molar-refractivity contribution is 6.07. The van der Waals surface area contributed by atoms with E-state index in [2.05, 4.69) is 15.0 Å². The average molecular weight is 549 g/mol. The van der Waals surface area contributed by atoms with Gasteiger partial charge in [-0.05, 0) is 56.5 Å². The third kappa shape index (κ3) is 7.59. The van der Waals surface area contributed by atoms with Gasteiger partial charge in [-0.25, -0.2) is 14.6 Å². The minimum atomic E-state index is -4.78. The SMILES string of the molecule is CCOC(=O)C(CCc1ccc(-c2coc(-c3ccc(OC(F)(F)F)cc3)n2)cc1)(NC(C)=O)C(=O)OCC. The van der Waals surface area contributed by atoms with Crippen LogP contribution in [0.3, 0.4) is 0 Å². The van der Waals surface area contributed by atoms with Crippen LogP contribution in [-0.2, 0) is 30.3 Å². The van der Waals surface area contributed by atoms with Gasteiger partial charge in [-0.15, -0.1) is 13.2 Å². The summed E-state index contributed by atoms with van der Waals surface area (Å²) >= 11 is 0. The second-order valence-corrected chi connectivity index (χ2v) is 8.33. The zero-order valence-corrected chi connectivity index (χ0v) is 21.5. The first kappa shape index (κ1) is 29.2. The van der Waals surface area contributed by atoms with Crippen molar-refractivity contribution in [1.29, 1.82) is 0 Å². The second-order valence-electron chi connectivity index (χ2n) is 8.33. The number of amides is 1. The Bertz CT molecular complexity index is 1270. The molecule has 0 spiro atoms. The fraction of sp³-hybridized carbons (Fsp3) is 0.333. The Balaban J connectivity index is 1.75. The summed E-state index contributed by atoms with van der Waals surface area (Å²) in [6.45, 7) is 4.40. The van der Waals surface area contributed by atoms with E-state index >= 15 is 0 Å². The lowest BCUT2D eigenvalue weighted by Gasteiger charge is -2.29. The van der Waals surface area contributed by atoms with Crippen molar-refractivity contribution in [1.82, 2.24) is 10.3 Å². The number of nitrogens with zero attached hydrogens (tertiary/aromatic N) is 1. The fourth-order valence-corrected chi connectivity index (χ4v) is 3.77. The first-order chi connectivity index (χ1) is 18.5. The fourth-order valence-electron chi connectivity index (χ4n) is 3.77. The van der Waals surface area contributed by atoms with Gasteiger partial charge in [-0.2, -0.15) is 0 Å². The Hall–Kier alpha value is -4.35. The van der Waals surface area contributed by atoms with Crippen molar-refractivity contribution in [3.63, 3.8) is 0 Å². The molecule has 39 heavy (non-hydrogen) atoms. The maximum absolute atomic E-state index is 12.8. The molecule has 0 saturated heterocycles. The van der Waals surface area contributed by atoms with E-state index < -0.39 is 29.7 Å². The van der Waals surface area contributed by atoms with Gasteiger partial charge < -0.3 is 23.9 Å². The standard InChI is InChI=1S/C27H27F3N2O7/c1-4-36-24(34)26(32-17(3)33,25(35)37-5-2)15-14-18-6-8-19(9-7-18)22-16-38-23(31-22)20-10-12-21(13-11-20)39-27(28,29)30/h6-13,16H,4-5,14-15H2,1-3H3,(H,32,33). The number of oxazole rings is 1. The zero-order valence-electron chi connectivity index (χ0n) is 21.5. The van der Waals surface area contributed by atoms with Gasteiger partial charge in [0, 0.05) is 18.1 Å². The van der Waals surface area contributed by atoms with Gasteiger partial charge in [0.2, 0.25) is 17.3 Å². The molecule has 0 aliphatic heterocycles. The molecule has 9 nitrogen and oxygen atoms in total. The smallest absolute Gasteiger partial charge is 0.464 e. The molecular formula is C27H27F3N2O7. The molecule has 0 aliphatic rings. The zero-order chi connectivity index (χ0) is 28.6. The van der Waals surface area contributed by atoms with E-state index in [1.165, 1.54) is 25.3 Å². The number of carbonyl (C=O) groups excluding carboxylic acids is 3. The van der Waals surface area contributed by atoms with Crippen LogP contribution < -0.4 is 10.1 Å². The normalized spacial score (nSPS) is 11.5. The van der Waals surface area contributed by atoms with Crippen molar-refractivity contribution in [3.05, 3.63) is 60.4 Å². The number of esters is 2. The van der Waals surface area contributed by atoms with Crippen molar-refractivity contribution in [2.24, 2.45) is 0 Å². The summed E-state index contributed by atoms with van der Waals surface area (Å²) in [5.74, 6) is -2.54. The predicted octanol–water partition coefficient (Wildman–Crippen LogP) is 4.84. The number of benzene rings is 2. The van der Waals surface area contributed by atoms with Crippen molar-refractivity contribution in [2.45, 2.75) is 45.5 Å². The quantitative estimate of drug-likeness (QED) is 0.267. The maximum atomic E-state index is 12.8. The minimum absolute atomic E-state index is 0.0133. The third-order valence-electron chi connectivity index (χ3n) is 5.51. The number of rotatable bonds is 11.